The third kappa shape index (κ3) is 4.38. The molecule has 1 aliphatic rings. The number of nitrogens with one attached hydrogen (secondary N) is 2. The lowest BCUT2D eigenvalue weighted by Crippen LogP contribution is -2.34. The van der Waals surface area contributed by atoms with E-state index < -0.39 is 6.10 Å². The summed E-state index contributed by atoms with van der Waals surface area (Å²) in [5.41, 5.74) is 1.84. The molecule has 2 aromatic rings. The van der Waals surface area contributed by atoms with Gasteiger partial charge < -0.3 is 24.8 Å². The molecule has 1 aliphatic heterocycles. The Labute approximate surface area is 156 Å². The maximum Gasteiger partial charge on any atom is 0.265 e. The highest BCUT2D eigenvalue weighted by atomic mass is 16.5. The first-order valence-corrected chi connectivity index (χ1v) is 8.32. The van der Waals surface area contributed by atoms with E-state index in [0.717, 1.165) is 5.56 Å². The largest absolute Gasteiger partial charge is 0.497 e. The Hall–Kier alpha value is -3.48. The first-order chi connectivity index (χ1) is 13.0. The minimum atomic E-state index is -0.541. The van der Waals surface area contributed by atoms with Crippen LogP contribution in [-0.4, -0.2) is 32.1 Å². The van der Waals surface area contributed by atoms with E-state index in [1.165, 1.54) is 6.08 Å². The highest BCUT2D eigenvalue weighted by Gasteiger charge is 2.23. The van der Waals surface area contributed by atoms with Crippen molar-refractivity contribution in [2.24, 2.45) is 0 Å². The van der Waals surface area contributed by atoms with Crippen molar-refractivity contribution in [1.29, 1.82) is 0 Å². The van der Waals surface area contributed by atoms with E-state index >= 15 is 0 Å². The Kier molecular flexibility index (Phi) is 5.30. The number of carbonyl (C=O) groups is 2. The van der Waals surface area contributed by atoms with Crippen molar-refractivity contribution >= 4 is 29.3 Å². The van der Waals surface area contributed by atoms with Gasteiger partial charge in [0.2, 0.25) is 5.91 Å². The van der Waals surface area contributed by atoms with Crippen LogP contribution >= 0.6 is 0 Å². The van der Waals surface area contributed by atoms with E-state index in [0.29, 0.717) is 28.6 Å². The molecule has 0 bridgehead atoms. The van der Waals surface area contributed by atoms with Crippen molar-refractivity contribution in [2.75, 3.05) is 24.9 Å². The van der Waals surface area contributed by atoms with Crippen LogP contribution in [0.25, 0.3) is 6.08 Å². The van der Waals surface area contributed by atoms with Gasteiger partial charge in [-0.05, 0) is 48.9 Å². The van der Waals surface area contributed by atoms with Crippen molar-refractivity contribution in [3.05, 3.63) is 48.0 Å². The fourth-order valence-electron chi connectivity index (χ4n) is 2.57. The fourth-order valence-corrected chi connectivity index (χ4v) is 2.57. The Morgan fingerprint density at radius 3 is 2.52 bits per heavy atom. The molecule has 140 valence electrons. The molecule has 7 nitrogen and oxygen atoms in total. The van der Waals surface area contributed by atoms with Crippen LogP contribution in [0.2, 0.25) is 0 Å². The van der Waals surface area contributed by atoms with E-state index in [-0.39, 0.29) is 11.8 Å². The minimum absolute atomic E-state index is 0.224. The number of anilines is 2. The number of ether oxygens (including phenoxy) is 3. The zero-order valence-corrected chi connectivity index (χ0v) is 15.2. The molecule has 0 fully saturated rings. The summed E-state index contributed by atoms with van der Waals surface area (Å²) < 4.78 is 15.9. The molecular weight excluding hydrogens is 348 g/mol. The van der Waals surface area contributed by atoms with Crippen LogP contribution in [0.3, 0.4) is 0 Å². The Morgan fingerprint density at radius 1 is 1.15 bits per heavy atom. The lowest BCUT2D eigenvalue weighted by Gasteiger charge is -2.23. The SMILES string of the molecule is COc1cc(/C=C/C(=O)Nc2ccc3c(c2)NC(=O)C(C)O3)cc(OC)c1. The summed E-state index contributed by atoms with van der Waals surface area (Å²) in [6, 6.07) is 10.4. The predicted molar refractivity (Wildman–Crippen MR) is 102 cm³/mol. The molecule has 7 heteroatoms. The number of hydrogen-bond acceptors (Lipinski definition) is 5. The van der Waals surface area contributed by atoms with E-state index in [4.69, 9.17) is 14.2 Å². The van der Waals surface area contributed by atoms with Gasteiger partial charge in [-0.25, -0.2) is 0 Å². The van der Waals surface area contributed by atoms with Crippen LogP contribution in [0, 0.1) is 0 Å². The second-order valence-electron chi connectivity index (χ2n) is 5.93. The molecule has 0 aromatic heterocycles. The molecule has 0 saturated heterocycles. The lowest BCUT2D eigenvalue weighted by atomic mass is 10.2. The van der Waals surface area contributed by atoms with Crippen molar-refractivity contribution in [1.82, 2.24) is 0 Å². The van der Waals surface area contributed by atoms with Crippen LogP contribution in [0.15, 0.2) is 42.5 Å². The zero-order chi connectivity index (χ0) is 19.4. The van der Waals surface area contributed by atoms with Gasteiger partial charge in [-0.1, -0.05) is 0 Å². The second-order valence-corrected chi connectivity index (χ2v) is 5.93. The van der Waals surface area contributed by atoms with Gasteiger partial charge in [0, 0.05) is 17.8 Å². The maximum atomic E-state index is 12.2. The summed E-state index contributed by atoms with van der Waals surface area (Å²) in [6.45, 7) is 1.67. The molecule has 2 N–H and O–H groups in total. The molecule has 27 heavy (non-hydrogen) atoms. The third-order valence-electron chi connectivity index (χ3n) is 3.98. The maximum absolute atomic E-state index is 12.2. The van der Waals surface area contributed by atoms with Crippen molar-refractivity contribution in [3.63, 3.8) is 0 Å². The van der Waals surface area contributed by atoms with Crippen molar-refractivity contribution in [3.8, 4) is 17.2 Å². The quantitative estimate of drug-likeness (QED) is 0.792. The monoisotopic (exact) mass is 368 g/mol. The van der Waals surface area contributed by atoms with Crippen LogP contribution in [0.4, 0.5) is 11.4 Å². The van der Waals surface area contributed by atoms with E-state index in [2.05, 4.69) is 10.6 Å². The summed E-state index contributed by atoms with van der Waals surface area (Å²) in [5.74, 6) is 1.30. The molecule has 0 spiro atoms. The summed E-state index contributed by atoms with van der Waals surface area (Å²) in [7, 11) is 3.13. The number of methoxy groups -OCH3 is 2. The standard InChI is InChI=1S/C20H20N2O5/c1-12-20(24)22-17-10-14(5-6-18(17)27-12)21-19(23)7-4-13-8-15(25-2)11-16(9-13)26-3/h4-12H,1-3H3,(H,21,23)(H,22,24)/b7-4+. The van der Waals surface area contributed by atoms with Gasteiger partial charge in [0.05, 0.1) is 19.9 Å². The third-order valence-corrected chi connectivity index (χ3v) is 3.98. The minimum Gasteiger partial charge on any atom is -0.497 e. The number of fused-ring (bicyclic) bond motifs is 1. The van der Waals surface area contributed by atoms with E-state index in [1.807, 2.05) is 0 Å². The molecular formula is C20H20N2O5. The van der Waals surface area contributed by atoms with Gasteiger partial charge in [0.15, 0.2) is 6.10 Å². The van der Waals surface area contributed by atoms with Gasteiger partial charge in [-0.3, -0.25) is 9.59 Å². The number of rotatable bonds is 5. The van der Waals surface area contributed by atoms with E-state index in [1.54, 1.807) is 63.6 Å². The topological polar surface area (TPSA) is 85.9 Å². The Balaban J connectivity index is 1.70. The summed E-state index contributed by atoms with van der Waals surface area (Å²) in [4.78, 5) is 23.9. The average molecular weight is 368 g/mol. The van der Waals surface area contributed by atoms with Crippen LogP contribution < -0.4 is 24.8 Å². The first kappa shape index (κ1) is 18.3. The molecule has 0 radical (unpaired) electrons. The summed E-state index contributed by atoms with van der Waals surface area (Å²) >= 11 is 0. The molecule has 0 saturated carbocycles. The number of carbonyl (C=O) groups excluding carboxylic acids is 2. The average Bonchev–Trinajstić information content (AvgIpc) is 2.67. The molecule has 3 rings (SSSR count). The number of amides is 2. The molecule has 2 aromatic carbocycles. The van der Waals surface area contributed by atoms with Crippen molar-refractivity contribution < 1.29 is 23.8 Å². The number of benzene rings is 2. The van der Waals surface area contributed by atoms with Gasteiger partial charge in [0.1, 0.15) is 17.2 Å². The van der Waals surface area contributed by atoms with Crippen LogP contribution in [0.1, 0.15) is 12.5 Å². The summed E-state index contributed by atoms with van der Waals surface area (Å²) in [5, 5.41) is 5.50. The first-order valence-electron chi connectivity index (χ1n) is 8.32. The second kappa shape index (κ2) is 7.82. The number of hydrogen-bond donors (Lipinski definition) is 2. The Morgan fingerprint density at radius 2 is 1.85 bits per heavy atom. The van der Waals surface area contributed by atoms with Crippen LogP contribution in [0.5, 0.6) is 17.2 Å². The van der Waals surface area contributed by atoms with Gasteiger partial charge >= 0.3 is 0 Å². The molecule has 1 atom stereocenters. The molecule has 2 amide bonds. The Bertz CT molecular complexity index is 885. The van der Waals surface area contributed by atoms with Gasteiger partial charge in [-0.2, -0.15) is 0 Å². The van der Waals surface area contributed by atoms with Crippen LogP contribution in [-0.2, 0) is 9.59 Å². The normalized spacial score (nSPS) is 15.5. The van der Waals surface area contributed by atoms with E-state index in [9.17, 15) is 9.59 Å². The van der Waals surface area contributed by atoms with Gasteiger partial charge in [-0.15, -0.1) is 0 Å². The fraction of sp³-hybridized carbons (Fsp3) is 0.200. The molecule has 1 unspecified atom stereocenters. The summed E-state index contributed by atoms with van der Waals surface area (Å²) in [6.07, 6.45) is 2.52. The molecule has 0 aliphatic carbocycles. The predicted octanol–water partition coefficient (Wildman–Crippen LogP) is 3.08. The van der Waals surface area contributed by atoms with Gasteiger partial charge in [0.25, 0.3) is 5.91 Å². The molecule has 1 heterocycles. The van der Waals surface area contributed by atoms with Crippen molar-refractivity contribution in [2.45, 2.75) is 13.0 Å². The lowest BCUT2D eigenvalue weighted by molar-refractivity contribution is -0.122. The zero-order valence-electron chi connectivity index (χ0n) is 15.2. The highest BCUT2D eigenvalue weighted by Crippen LogP contribution is 2.32. The smallest absolute Gasteiger partial charge is 0.265 e. The highest BCUT2D eigenvalue weighted by molar-refractivity contribution is 6.03.